The van der Waals surface area contributed by atoms with Crippen LogP contribution in [-0.4, -0.2) is 0 Å². The number of anilines is 1. The van der Waals surface area contributed by atoms with Crippen molar-refractivity contribution in [3.63, 3.8) is 0 Å². The van der Waals surface area contributed by atoms with E-state index in [2.05, 4.69) is 0 Å². The molecule has 0 atom stereocenters. The number of benzene rings is 1. The zero-order valence-corrected chi connectivity index (χ0v) is 8.73. The van der Waals surface area contributed by atoms with E-state index in [1.807, 2.05) is 13.8 Å². The van der Waals surface area contributed by atoms with Crippen molar-refractivity contribution < 1.29 is 4.39 Å². The van der Waals surface area contributed by atoms with Crippen LogP contribution in [0.15, 0.2) is 6.07 Å². The minimum atomic E-state index is -0.0598. The normalized spacial score (nSPS) is 14.9. The zero-order valence-electron chi connectivity index (χ0n) is 8.73. The summed E-state index contributed by atoms with van der Waals surface area (Å²) >= 11 is 0. The molecule has 0 spiro atoms. The van der Waals surface area contributed by atoms with Crippen LogP contribution in [0.4, 0.5) is 10.1 Å². The molecule has 0 saturated heterocycles. The van der Waals surface area contributed by atoms with E-state index < -0.39 is 0 Å². The smallest absolute Gasteiger partial charge is 0.127 e. The summed E-state index contributed by atoms with van der Waals surface area (Å²) in [6, 6.07) is 1.62. The number of hydrogen-bond donors (Lipinski definition) is 1. The van der Waals surface area contributed by atoms with Crippen molar-refractivity contribution >= 4 is 5.69 Å². The number of fused-ring (bicyclic) bond motifs is 1. The summed E-state index contributed by atoms with van der Waals surface area (Å²) in [7, 11) is 0. The highest BCUT2D eigenvalue weighted by molar-refractivity contribution is 5.60. The molecule has 76 valence electrons. The molecule has 1 aromatic carbocycles. The summed E-state index contributed by atoms with van der Waals surface area (Å²) < 4.78 is 13.6. The van der Waals surface area contributed by atoms with Gasteiger partial charge in [-0.15, -0.1) is 0 Å². The van der Waals surface area contributed by atoms with E-state index in [-0.39, 0.29) is 5.82 Å². The van der Waals surface area contributed by atoms with Crippen molar-refractivity contribution in [3.8, 4) is 0 Å². The Labute approximate surface area is 84.1 Å². The van der Waals surface area contributed by atoms with Crippen molar-refractivity contribution in [1.29, 1.82) is 0 Å². The maximum absolute atomic E-state index is 13.6. The molecule has 0 radical (unpaired) electrons. The largest absolute Gasteiger partial charge is 0.398 e. The summed E-state index contributed by atoms with van der Waals surface area (Å²) in [6.07, 6.45) is 2.83. The molecule has 2 heteroatoms. The minimum absolute atomic E-state index is 0.0598. The highest BCUT2D eigenvalue weighted by Crippen LogP contribution is 2.35. The van der Waals surface area contributed by atoms with Gasteiger partial charge in [-0.2, -0.15) is 0 Å². The monoisotopic (exact) mass is 193 g/mol. The average molecular weight is 193 g/mol. The van der Waals surface area contributed by atoms with Crippen molar-refractivity contribution in [3.05, 3.63) is 28.6 Å². The van der Waals surface area contributed by atoms with E-state index >= 15 is 0 Å². The number of nitrogen functional groups attached to an aromatic ring is 1. The van der Waals surface area contributed by atoms with Crippen molar-refractivity contribution in [1.82, 2.24) is 0 Å². The quantitative estimate of drug-likeness (QED) is 0.682. The third-order valence-electron chi connectivity index (χ3n) is 3.05. The Hall–Kier alpha value is -1.05. The lowest BCUT2D eigenvalue weighted by atomic mass is 9.95. The van der Waals surface area contributed by atoms with E-state index in [0.717, 1.165) is 41.6 Å². The standard InChI is InChI=1S/C12H16FN/c1-7(2)10-6-11(13)8-4-3-5-9(8)12(10)14/h6-7H,3-5,14H2,1-2H3. The molecule has 0 fully saturated rings. The van der Waals surface area contributed by atoms with Gasteiger partial charge in [0.1, 0.15) is 5.82 Å². The van der Waals surface area contributed by atoms with E-state index in [9.17, 15) is 4.39 Å². The molecule has 2 rings (SSSR count). The lowest BCUT2D eigenvalue weighted by Gasteiger charge is -2.14. The first kappa shape index (κ1) is 9.50. The molecule has 0 aliphatic heterocycles. The maximum Gasteiger partial charge on any atom is 0.127 e. The highest BCUT2D eigenvalue weighted by atomic mass is 19.1. The van der Waals surface area contributed by atoms with Gasteiger partial charge in [-0.25, -0.2) is 4.39 Å². The van der Waals surface area contributed by atoms with Gasteiger partial charge in [-0.05, 0) is 47.9 Å². The molecule has 14 heavy (non-hydrogen) atoms. The number of halogens is 1. The molecule has 0 amide bonds. The molecular weight excluding hydrogens is 177 g/mol. The highest BCUT2D eigenvalue weighted by Gasteiger charge is 2.21. The molecule has 1 aliphatic rings. The van der Waals surface area contributed by atoms with Crippen molar-refractivity contribution in [2.75, 3.05) is 5.73 Å². The Morgan fingerprint density at radius 2 is 1.93 bits per heavy atom. The molecule has 1 nitrogen and oxygen atoms in total. The SMILES string of the molecule is CC(C)c1cc(F)c2c(c1N)CCC2. The molecular formula is C12H16FN. The summed E-state index contributed by atoms with van der Waals surface area (Å²) in [5.74, 6) is 0.241. The van der Waals surface area contributed by atoms with Gasteiger partial charge in [0.15, 0.2) is 0 Å². The van der Waals surface area contributed by atoms with E-state index in [4.69, 9.17) is 5.73 Å². The lowest BCUT2D eigenvalue weighted by molar-refractivity contribution is 0.609. The molecule has 0 bridgehead atoms. The Morgan fingerprint density at radius 3 is 2.57 bits per heavy atom. The maximum atomic E-state index is 13.6. The van der Waals surface area contributed by atoms with Crippen LogP contribution in [0.5, 0.6) is 0 Å². The number of nitrogens with two attached hydrogens (primary N) is 1. The molecule has 0 heterocycles. The van der Waals surface area contributed by atoms with Crippen LogP contribution in [0.3, 0.4) is 0 Å². The molecule has 0 unspecified atom stereocenters. The topological polar surface area (TPSA) is 26.0 Å². The van der Waals surface area contributed by atoms with Gasteiger partial charge in [0.05, 0.1) is 0 Å². The second-order valence-corrected chi connectivity index (χ2v) is 4.33. The Bertz CT molecular complexity index is 369. The Kier molecular flexibility index (Phi) is 2.22. The fourth-order valence-corrected chi connectivity index (χ4v) is 2.26. The van der Waals surface area contributed by atoms with Crippen LogP contribution in [-0.2, 0) is 12.8 Å². The number of rotatable bonds is 1. The van der Waals surface area contributed by atoms with E-state index in [0.29, 0.717) is 5.92 Å². The molecule has 0 saturated carbocycles. The van der Waals surface area contributed by atoms with Crippen LogP contribution in [0.25, 0.3) is 0 Å². The molecule has 2 N–H and O–H groups in total. The lowest BCUT2D eigenvalue weighted by Crippen LogP contribution is -2.03. The van der Waals surface area contributed by atoms with Crippen LogP contribution < -0.4 is 5.73 Å². The molecule has 0 aromatic heterocycles. The van der Waals surface area contributed by atoms with Crippen LogP contribution in [0.2, 0.25) is 0 Å². The summed E-state index contributed by atoms with van der Waals surface area (Å²) in [5.41, 5.74) is 9.74. The van der Waals surface area contributed by atoms with E-state index in [1.54, 1.807) is 6.07 Å². The zero-order chi connectivity index (χ0) is 10.3. The third-order valence-corrected chi connectivity index (χ3v) is 3.05. The predicted octanol–water partition coefficient (Wildman–Crippen LogP) is 3.02. The minimum Gasteiger partial charge on any atom is -0.398 e. The van der Waals surface area contributed by atoms with Gasteiger partial charge in [-0.1, -0.05) is 13.8 Å². The summed E-state index contributed by atoms with van der Waals surface area (Å²) in [6.45, 7) is 4.10. The number of hydrogen-bond acceptors (Lipinski definition) is 1. The van der Waals surface area contributed by atoms with Crippen molar-refractivity contribution in [2.45, 2.75) is 39.0 Å². The summed E-state index contributed by atoms with van der Waals surface area (Å²) in [5, 5.41) is 0. The van der Waals surface area contributed by atoms with E-state index in [1.165, 1.54) is 0 Å². The second-order valence-electron chi connectivity index (χ2n) is 4.33. The first-order valence-electron chi connectivity index (χ1n) is 5.21. The fourth-order valence-electron chi connectivity index (χ4n) is 2.26. The van der Waals surface area contributed by atoms with Crippen LogP contribution >= 0.6 is 0 Å². The van der Waals surface area contributed by atoms with Gasteiger partial charge in [0, 0.05) is 5.69 Å². The van der Waals surface area contributed by atoms with Crippen LogP contribution in [0.1, 0.15) is 42.9 Å². The van der Waals surface area contributed by atoms with Gasteiger partial charge < -0.3 is 5.73 Å². The Balaban J connectivity index is 2.62. The molecule has 1 aliphatic carbocycles. The third kappa shape index (κ3) is 1.29. The average Bonchev–Trinajstić information content (AvgIpc) is 2.59. The predicted molar refractivity (Wildman–Crippen MR) is 56.9 cm³/mol. The van der Waals surface area contributed by atoms with Gasteiger partial charge >= 0.3 is 0 Å². The van der Waals surface area contributed by atoms with Gasteiger partial charge in [0.2, 0.25) is 0 Å². The van der Waals surface area contributed by atoms with Crippen molar-refractivity contribution in [2.24, 2.45) is 0 Å². The molecule has 1 aromatic rings. The first-order chi connectivity index (χ1) is 6.61. The Morgan fingerprint density at radius 1 is 1.29 bits per heavy atom. The van der Waals surface area contributed by atoms with Gasteiger partial charge in [0.25, 0.3) is 0 Å². The van der Waals surface area contributed by atoms with Gasteiger partial charge in [-0.3, -0.25) is 0 Å². The fraction of sp³-hybridized carbons (Fsp3) is 0.500. The second kappa shape index (κ2) is 3.26. The summed E-state index contributed by atoms with van der Waals surface area (Å²) in [4.78, 5) is 0. The first-order valence-corrected chi connectivity index (χ1v) is 5.21. The van der Waals surface area contributed by atoms with Crippen LogP contribution in [0, 0.1) is 5.82 Å².